The van der Waals surface area contributed by atoms with Crippen LogP contribution >= 0.6 is 11.6 Å². The first-order valence-electron chi connectivity index (χ1n) is 2.25. The van der Waals surface area contributed by atoms with Gasteiger partial charge in [-0.25, -0.2) is 11.6 Å². The summed E-state index contributed by atoms with van der Waals surface area (Å²) in [6.45, 7) is 0. The van der Waals surface area contributed by atoms with E-state index in [-0.39, 0.29) is 21.1 Å². The van der Waals surface area contributed by atoms with Crippen molar-refractivity contribution in [1.82, 2.24) is 0 Å². The van der Waals surface area contributed by atoms with Crippen LogP contribution in [0.2, 0.25) is 0 Å². The normalized spacial score (nSPS) is 15.4. The van der Waals surface area contributed by atoms with E-state index < -0.39 is 0 Å². The molecular weight excluding hydrogens is 291 g/mol. The van der Waals surface area contributed by atoms with Crippen LogP contribution in [0, 0.1) is 6.08 Å². The molecule has 0 atom stereocenters. The molecule has 0 amide bonds. The van der Waals surface area contributed by atoms with Crippen LogP contribution in [0.25, 0.3) is 0 Å². The Bertz CT molecular complexity index is 116. The molecule has 0 spiro atoms. The van der Waals surface area contributed by atoms with Gasteiger partial charge in [-0.05, 0) is 0 Å². The van der Waals surface area contributed by atoms with Crippen LogP contribution in [0.1, 0.15) is 6.42 Å². The Kier molecular flexibility index (Phi) is 4.60. The number of rotatable bonds is 1. The van der Waals surface area contributed by atoms with Crippen LogP contribution in [0.15, 0.2) is 17.7 Å². The minimum atomic E-state index is 0. The molecule has 0 saturated carbocycles. The summed E-state index contributed by atoms with van der Waals surface area (Å²) in [5.74, 6) is 0.608. The van der Waals surface area contributed by atoms with Gasteiger partial charge in [0.05, 0.1) is 0 Å². The van der Waals surface area contributed by atoms with Gasteiger partial charge >= 0.3 is 0 Å². The molecular formula is C6H6ClW-. The summed E-state index contributed by atoms with van der Waals surface area (Å²) >= 11 is 5.46. The molecule has 0 bridgehead atoms. The Hall–Kier alpha value is 0.458. The molecule has 8 heavy (non-hydrogen) atoms. The predicted octanol–water partition coefficient (Wildman–Crippen LogP) is 1.91. The van der Waals surface area contributed by atoms with Gasteiger partial charge in [0, 0.05) is 26.9 Å². The first-order valence-corrected chi connectivity index (χ1v) is 2.79. The SMILES string of the molecule is ClCC1=[C-]CC=C1.[W]. The second kappa shape index (κ2) is 4.35. The molecule has 0 aromatic carbocycles. The van der Waals surface area contributed by atoms with Crippen LogP contribution in [-0.4, -0.2) is 5.88 Å². The topological polar surface area (TPSA) is 0 Å². The molecule has 1 aliphatic carbocycles. The minimum Gasteiger partial charge on any atom is -0.268 e. The van der Waals surface area contributed by atoms with E-state index in [4.69, 9.17) is 11.6 Å². The van der Waals surface area contributed by atoms with Crippen LogP contribution in [0.3, 0.4) is 0 Å². The molecule has 2 heteroatoms. The number of halogens is 1. The van der Waals surface area contributed by atoms with E-state index in [0.29, 0.717) is 5.88 Å². The molecule has 0 aromatic heterocycles. The van der Waals surface area contributed by atoms with Crippen molar-refractivity contribution in [3.63, 3.8) is 0 Å². The Balaban J connectivity index is 0.000000490. The fourth-order valence-corrected chi connectivity index (χ4v) is 0.725. The molecule has 0 radical (unpaired) electrons. The van der Waals surface area contributed by atoms with Crippen molar-refractivity contribution in [3.8, 4) is 0 Å². The number of hydrogen-bond donors (Lipinski definition) is 0. The van der Waals surface area contributed by atoms with Crippen LogP contribution in [0.4, 0.5) is 0 Å². The largest absolute Gasteiger partial charge is 0.268 e. The molecule has 0 fully saturated rings. The van der Waals surface area contributed by atoms with Gasteiger partial charge in [-0.2, -0.15) is 6.08 Å². The van der Waals surface area contributed by atoms with E-state index in [9.17, 15) is 0 Å². The van der Waals surface area contributed by atoms with E-state index >= 15 is 0 Å². The van der Waals surface area contributed by atoms with Gasteiger partial charge in [-0.1, -0.05) is 0 Å². The number of alkyl halides is 1. The second-order valence-corrected chi connectivity index (χ2v) is 1.71. The van der Waals surface area contributed by atoms with E-state index in [1.807, 2.05) is 6.08 Å². The Labute approximate surface area is 68.9 Å². The van der Waals surface area contributed by atoms with E-state index in [0.717, 1.165) is 12.0 Å². The van der Waals surface area contributed by atoms with Gasteiger partial charge in [0.15, 0.2) is 0 Å². The zero-order valence-corrected chi connectivity index (χ0v) is 8.04. The summed E-state index contributed by atoms with van der Waals surface area (Å²) in [7, 11) is 0. The molecule has 0 unspecified atom stereocenters. The van der Waals surface area contributed by atoms with Crippen molar-refractivity contribution < 1.29 is 21.1 Å². The van der Waals surface area contributed by atoms with Crippen LogP contribution in [0.5, 0.6) is 0 Å². The molecule has 0 aliphatic heterocycles. The van der Waals surface area contributed by atoms with E-state index in [1.54, 1.807) is 0 Å². The Morgan fingerprint density at radius 2 is 2.50 bits per heavy atom. The third-order valence-electron chi connectivity index (χ3n) is 0.910. The molecule has 0 N–H and O–H groups in total. The number of hydrogen-bond acceptors (Lipinski definition) is 0. The van der Waals surface area contributed by atoms with E-state index in [2.05, 4.69) is 12.2 Å². The van der Waals surface area contributed by atoms with Gasteiger partial charge in [-0.15, -0.1) is 18.0 Å². The minimum absolute atomic E-state index is 0. The third kappa shape index (κ3) is 2.15. The molecule has 0 aromatic rings. The Morgan fingerprint density at radius 1 is 1.75 bits per heavy atom. The van der Waals surface area contributed by atoms with Crippen LogP contribution < -0.4 is 0 Å². The van der Waals surface area contributed by atoms with Gasteiger partial charge in [0.1, 0.15) is 0 Å². The van der Waals surface area contributed by atoms with Gasteiger partial charge < -0.3 is 0 Å². The summed E-state index contributed by atoms with van der Waals surface area (Å²) in [6, 6.07) is 0. The maximum absolute atomic E-state index is 5.46. The van der Waals surface area contributed by atoms with Crippen molar-refractivity contribution >= 4 is 11.6 Å². The van der Waals surface area contributed by atoms with Crippen molar-refractivity contribution in [1.29, 1.82) is 0 Å². The molecule has 44 valence electrons. The van der Waals surface area contributed by atoms with Crippen LogP contribution in [-0.2, 0) is 21.1 Å². The summed E-state index contributed by atoms with van der Waals surface area (Å²) < 4.78 is 0. The summed E-state index contributed by atoms with van der Waals surface area (Å²) in [5, 5.41) is 0. The van der Waals surface area contributed by atoms with Crippen molar-refractivity contribution in [2.24, 2.45) is 0 Å². The zero-order chi connectivity index (χ0) is 5.11. The quantitative estimate of drug-likeness (QED) is 0.512. The summed E-state index contributed by atoms with van der Waals surface area (Å²) in [6.07, 6.45) is 8.09. The van der Waals surface area contributed by atoms with Gasteiger partial charge in [-0.3, -0.25) is 6.08 Å². The molecule has 0 saturated heterocycles. The average Bonchev–Trinajstić information content (AvgIpc) is 2.14. The average molecular weight is 297 g/mol. The first-order chi connectivity index (χ1) is 3.43. The smallest absolute Gasteiger partial charge is 0.0141 e. The van der Waals surface area contributed by atoms with Gasteiger partial charge in [0.25, 0.3) is 0 Å². The fourth-order valence-electron chi connectivity index (χ4n) is 0.542. The number of allylic oxidation sites excluding steroid dienone is 4. The predicted molar refractivity (Wildman–Crippen MR) is 31.2 cm³/mol. The fraction of sp³-hybridized carbons (Fsp3) is 0.333. The van der Waals surface area contributed by atoms with Crippen molar-refractivity contribution in [3.05, 3.63) is 23.8 Å². The van der Waals surface area contributed by atoms with Crippen molar-refractivity contribution in [2.45, 2.75) is 6.42 Å². The summed E-state index contributed by atoms with van der Waals surface area (Å²) in [4.78, 5) is 0. The standard InChI is InChI=1S/C6H6Cl.W/c7-5-6-3-1-2-4-6;/h1,3H,2,5H2;/q-1;. The van der Waals surface area contributed by atoms with Gasteiger partial charge in [0.2, 0.25) is 0 Å². The van der Waals surface area contributed by atoms with E-state index in [1.165, 1.54) is 0 Å². The van der Waals surface area contributed by atoms with Crippen molar-refractivity contribution in [2.75, 3.05) is 5.88 Å². The first kappa shape index (κ1) is 8.46. The molecule has 1 rings (SSSR count). The molecule has 0 heterocycles. The second-order valence-electron chi connectivity index (χ2n) is 1.44. The maximum atomic E-state index is 5.46. The monoisotopic (exact) mass is 297 g/mol. The Morgan fingerprint density at radius 3 is 2.75 bits per heavy atom. The maximum Gasteiger partial charge on any atom is 0.0141 e. The third-order valence-corrected chi connectivity index (χ3v) is 1.20. The molecule has 0 nitrogen and oxygen atoms in total. The molecule has 1 aliphatic rings. The summed E-state index contributed by atoms with van der Waals surface area (Å²) in [5.41, 5.74) is 1.13. The zero-order valence-electron chi connectivity index (χ0n) is 4.36.